The molecular weight excluding hydrogens is 248 g/mol. The van der Waals surface area contributed by atoms with Crippen molar-refractivity contribution in [1.29, 1.82) is 5.26 Å². The minimum absolute atomic E-state index is 0.151. The van der Waals surface area contributed by atoms with Crippen molar-refractivity contribution in [3.63, 3.8) is 0 Å². The molecule has 0 bridgehead atoms. The molecule has 1 N–H and O–H groups in total. The predicted octanol–water partition coefficient (Wildman–Crippen LogP) is 3.42. The second-order valence-corrected chi connectivity index (χ2v) is 4.61. The van der Waals surface area contributed by atoms with E-state index in [0.717, 1.165) is 16.9 Å². The van der Waals surface area contributed by atoms with Crippen LogP contribution in [-0.4, -0.2) is 7.11 Å². The molecule has 0 heterocycles. The molecule has 20 heavy (non-hydrogen) atoms. The third-order valence-electron chi connectivity index (χ3n) is 3.34. The molecule has 102 valence electrons. The second-order valence-electron chi connectivity index (χ2n) is 4.61. The summed E-state index contributed by atoms with van der Waals surface area (Å²) in [6, 6.07) is 18.0. The largest absolute Gasteiger partial charge is 0.496 e. The average Bonchev–Trinajstić information content (AvgIpc) is 2.52. The van der Waals surface area contributed by atoms with Crippen LogP contribution in [-0.2, 0) is 6.54 Å². The molecule has 3 heteroatoms. The van der Waals surface area contributed by atoms with Gasteiger partial charge in [-0.1, -0.05) is 36.4 Å². The van der Waals surface area contributed by atoms with E-state index < -0.39 is 0 Å². The highest BCUT2D eigenvalue weighted by atomic mass is 16.5. The highest BCUT2D eigenvalue weighted by Gasteiger charge is 2.10. The van der Waals surface area contributed by atoms with Gasteiger partial charge >= 0.3 is 0 Å². The molecule has 2 aromatic carbocycles. The number of hydrogen-bond acceptors (Lipinski definition) is 3. The minimum Gasteiger partial charge on any atom is -0.496 e. The maximum absolute atomic E-state index is 9.09. The molecule has 0 aromatic heterocycles. The van der Waals surface area contributed by atoms with Gasteiger partial charge in [0.25, 0.3) is 0 Å². The monoisotopic (exact) mass is 266 g/mol. The highest BCUT2D eigenvalue weighted by molar-refractivity contribution is 5.38. The van der Waals surface area contributed by atoms with E-state index in [2.05, 4.69) is 18.3 Å². The number of methoxy groups -OCH3 is 1. The number of nitriles is 1. The van der Waals surface area contributed by atoms with E-state index in [-0.39, 0.29) is 6.04 Å². The maximum atomic E-state index is 9.09. The molecule has 2 rings (SSSR count). The molecule has 0 aliphatic rings. The fourth-order valence-corrected chi connectivity index (χ4v) is 2.18. The first kappa shape index (κ1) is 14.1. The van der Waals surface area contributed by atoms with Gasteiger partial charge in [0.2, 0.25) is 0 Å². The lowest BCUT2D eigenvalue weighted by Gasteiger charge is -2.17. The number of rotatable bonds is 5. The Morgan fingerprint density at radius 2 is 1.85 bits per heavy atom. The first-order chi connectivity index (χ1) is 9.76. The SMILES string of the molecule is COc1ccccc1C(C)NCc1ccccc1C#N. The van der Waals surface area contributed by atoms with Crippen molar-refractivity contribution in [1.82, 2.24) is 5.32 Å². The van der Waals surface area contributed by atoms with Gasteiger partial charge in [-0.3, -0.25) is 0 Å². The Bertz CT molecular complexity index is 616. The molecule has 2 aromatic rings. The molecule has 0 saturated carbocycles. The fourth-order valence-electron chi connectivity index (χ4n) is 2.18. The van der Waals surface area contributed by atoms with Crippen molar-refractivity contribution >= 4 is 0 Å². The smallest absolute Gasteiger partial charge is 0.123 e. The molecule has 0 aliphatic heterocycles. The van der Waals surface area contributed by atoms with Gasteiger partial charge in [0.05, 0.1) is 18.7 Å². The number of para-hydroxylation sites is 1. The summed E-state index contributed by atoms with van der Waals surface area (Å²) in [6.45, 7) is 2.75. The Hall–Kier alpha value is -2.31. The summed E-state index contributed by atoms with van der Waals surface area (Å²) < 4.78 is 5.37. The average molecular weight is 266 g/mol. The number of nitrogens with zero attached hydrogens (tertiary/aromatic N) is 1. The number of ether oxygens (including phenoxy) is 1. The Balaban J connectivity index is 2.09. The van der Waals surface area contributed by atoms with Crippen LogP contribution in [0.15, 0.2) is 48.5 Å². The van der Waals surface area contributed by atoms with Gasteiger partial charge in [0, 0.05) is 18.2 Å². The Kier molecular flexibility index (Phi) is 4.75. The third kappa shape index (κ3) is 3.17. The van der Waals surface area contributed by atoms with Gasteiger partial charge in [-0.25, -0.2) is 0 Å². The van der Waals surface area contributed by atoms with Crippen LogP contribution in [0.25, 0.3) is 0 Å². The molecule has 0 fully saturated rings. The normalized spacial score (nSPS) is 11.7. The van der Waals surface area contributed by atoms with E-state index in [1.54, 1.807) is 7.11 Å². The summed E-state index contributed by atoms with van der Waals surface area (Å²) in [5.41, 5.74) is 2.84. The molecule has 0 spiro atoms. The van der Waals surface area contributed by atoms with Crippen LogP contribution >= 0.6 is 0 Å². The Labute approximate surface area is 119 Å². The molecule has 0 aliphatic carbocycles. The Morgan fingerprint density at radius 3 is 2.60 bits per heavy atom. The number of nitrogens with one attached hydrogen (secondary N) is 1. The summed E-state index contributed by atoms with van der Waals surface area (Å²) in [4.78, 5) is 0. The molecule has 1 unspecified atom stereocenters. The summed E-state index contributed by atoms with van der Waals surface area (Å²) in [5.74, 6) is 0.876. The van der Waals surface area contributed by atoms with Gasteiger partial charge in [-0.2, -0.15) is 5.26 Å². The summed E-state index contributed by atoms with van der Waals surface area (Å²) in [7, 11) is 1.68. The summed E-state index contributed by atoms with van der Waals surface area (Å²) in [5, 5.41) is 12.5. The second kappa shape index (κ2) is 6.74. The van der Waals surface area contributed by atoms with Gasteiger partial charge in [-0.05, 0) is 24.6 Å². The Morgan fingerprint density at radius 1 is 1.15 bits per heavy atom. The van der Waals surface area contributed by atoms with Crippen LogP contribution in [0.3, 0.4) is 0 Å². The van der Waals surface area contributed by atoms with E-state index in [9.17, 15) is 0 Å². The van der Waals surface area contributed by atoms with Crippen LogP contribution in [0.4, 0.5) is 0 Å². The lowest BCUT2D eigenvalue weighted by atomic mass is 10.1. The van der Waals surface area contributed by atoms with Crippen molar-refractivity contribution < 1.29 is 4.74 Å². The lowest BCUT2D eigenvalue weighted by Crippen LogP contribution is -2.19. The van der Waals surface area contributed by atoms with E-state index in [1.807, 2.05) is 48.5 Å². The quantitative estimate of drug-likeness (QED) is 0.902. The van der Waals surface area contributed by atoms with Crippen LogP contribution < -0.4 is 10.1 Å². The third-order valence-corrected chi connectivity index (χ3v) is 3.34. The van der Waals surface area contributed by atoms with Gasteiger partial charge < -0.3 is 10.1 Å². The van der Waals surface area contributed by atoms with Crippen molar-refractivity contribution in [2.24, 2.45) is 0 Å². The van der Waals surface area contributed by atoms with Crippen LogP contribution in [0, 0.1) is 11.3 Å². The maximum Gasteiger partial charge on any atom is 0.123 e. The fraction of sp³-hybridized carbons (Fsp3) is 0.235. The molecule has 0 radical (unpaired) electrons. The van der Waals surface area contributed by atoms with Gasteiger partial charge in [-0.15, -0.1) is 0 Å². The summed E-state index contributed by atoms with van der Waals surface area (Å²) >= 11 is 0. The van der Waals surface area contributed by atoms with Crippen molar-refractivity contribution in [2.45, 2.75) is 19.5 Å². The standard InChI is InChI=1S/C17H18N2O/c1-13(16-9-5-6-10-17(16)20-2)19-12-15-8-4-3-7-14(15)11-18/h3-10,13,19H,12H2,1-2H3. The zero-order chi connectivity index (χ0) is 14.4. The molecule has 0 amide bonds. The van der Waals surface area contributed by atoms with Gasteiger partial charge in [0.1, 0.15) is 5.75 Å². The molecular formula is C17H18N2O. The van der Waals surface area contributed by atoms with Crippen LogP contribution in [0.1, 0.15) is 29.7 Å². The van der Waals surface area contributed by atoms with Crippen LogP contribution in [0.2, 0.25) is 0 Å². The van der Waals surface area contributed by atoms with Crippen molar-refractivity contribution in [3.8, 4) is 11.8 Å². The zero-order valence-electron chi connectivity index (χ0n) is 11.8. The highest BCUT2D eigenvalue weighted by Crippen LogP contribution is 2.24. The first-order valence-corrected chi connectivity index (χ1v) is 6.60. The van der Waals surface area contributed by atoms with E-state index in [1.165, 1.54) is 0 Å². The van der Waals surface area contributed by atoms with E-state index in [4.69, 9.17) is 10.00 Å². The molecule has 1 atom stereocenters. The molecule has 3 nitrogen and oxygen atoms in total. The lowest BCUT2D eigenvalue weighted by molar-refractivity contribution is 0.401. The van der Waals surface area contributed by atoms with E-state index in [0.29, 0.717) is 12.1 Å². The summed E-state index contributed by atoms with van der Waals surface area (Å²) in [6.07, 6.45) is 0. The number of benzene rings is 2. The van der Waals surface area contributed by atoms with Crippen molar-refractivity contribution in [2.75, 3.05) is 7.11 Å². The van der Waals surface area contributed by atoms with Crippen LogP contribution in [0.5, 0.6) is 5.75 Å². The zero-order valence-corrected chi connectivity index (χ0v) is 11.8. The predicted molar refractivity (Wildman–Crippen MR) is 79.4 cm³/mol. The van der Waals surface area contributed by atoms with E-state index >= 15 is 0 Å². The first-order valence-electron chi connectivity index (χ1n) is 6.60. The van der Waals surface area contributed by atoms with Crippen molar-refractivity contribution in [3.05, 3.63) is 65.2 Å². The molecule has 0 saturated heterocycles. The minimum atomic E-state index is 0.151. The van der Waals surface area contributed by atoms with Gasteiger partial charge in [0.15, 0.2) is 0 Å². The topological polar surface area (TPSA) is 45.0 Å². The number of hydrogen-bond donors (Lipinski definition) is 1.